The lowest BCUT2D eigenvalue weighted by atomic mass is 10.1. The van der Waals surface area contributed by atoms with Gasteiger partial charge in [0.05, 0.1) is 5.75 Å². The van der Waals surface area contributed by atoms with E-state index >= 15 is 0 Å². The number of rotatable bonds is 10. The summed E-state index contributed by atoms with van der Waals surface area (Å²) in [5.41, 5.74) is 3.37. The molecule has 0 radical (unpaired) electrons. The summed E-state index contributed by atoms with van der Waals surface area (Å²) in [7, 11) is 0. The van der Waals surface area contributed by atoms with Gasteiger partial charge in [-0.3, -0.25) is 9.59 Å². The monoisotopic (exact) mass is 490 g/mol. The fourth-order valence-corrected chi connectivity index (χ4v) is 4.25. The van der Waals surface area contributed by atoms with E-state index in [0.717, 1.165) is 15.8 Å². The second kappa shape index (κ2) is 12.2. The van der Waals surface area contributed by atoms with Gasteiger partial charge in [0.15, 0.2) is 0 Å². The number of nitrogens with one attached hydrogen (secondary N) is 1. The molecule has 0 saturated heterocycles. The van der Waals surface area contributed by atoms with Gasteiger partial charge in [-0.05, 0) is 50.5 Å². The number of halogens is 1. The van der Waals surface area contributed by atoms with Crippen molar-refractivity contribution in [3.8, 4) is 0 Å². The summed E-state index contributed by atoms with van der Waals surface area (Å²) >= 11 is 5.02. The molecule has 0 saturated carbocycles. The van der Waals surface area contributed by atoms with Crippen LogP contribution in [0.1, 0.15) is 43.9 Å². The Kier molecular flexibility index (Phi) is 9.92. The predicted octanol–water partition coefficient (Wildman–Crippen LogP) is 5.32. The molecule has 0 aromatic heterocycles. The zero-order valence-electron chi connectivity index (χ0n) is 18.2. The summed E-state index contributed by atoms with van der Waals surface area (Å²) in [5.74, 6) is 0.994. The number of carbonyl (C=O) groups excluding carboxylic acids is 2. The molecular weight excluding hydrogens is 460 g/mol. The van der Waals surface area contributed by atoms with Crippen LogP contribution >= 0.6 is 27.7 Å². The molecule has 0 spiro atoms. The van der Waals surface area contributed by atoms with Crippen LogP contribution < -0.4 is 5.32 Å². The van der Waals surface area contributed by atoms with Crippen LogP contribution in [0.2, 0.25) is 0 Å². The Hall–Kier alpha value is -1.79. The van der Waals surface area contributed by atoms with Gasteiger partial charge in [-0.2, -0.15) is 0 Å². The molecule has 162 valence electrons. The van der Waals surface area contributed by atoms with Gasteiger partial charge in [0.25, 0.3) is 0 Å². The molecule has 0 aliphatic carbocycles. The maximum atomic E-state index is 13.2. The number of thioether (sulfide) groups is 1. The minimum absolute atomic E-state index is 0.0107. The van der Waals surface area contributed by atoms with E-state index in [4.69, 9.17) is 0 Å². The maximum absolute atomic E-state index is 13.2. The second-order valence-electron chi connectivity index (χ2n) is 7.71. The maximum Gasteiger partial charge on any atom is 0.243 e. The van der Waals surface area contributed by atoms with Gasteiger partial charge in [0.2, 0.25) is 11.8 Å². The van der Waals surface area contributed by atoms with Gasteiger partial charge in [-0.25, -0.2) is 0 Å². The van der Waals surface area contributed by atoms with Crippen LogP contribution in [0.5, 0.6) is 0 Å². The molecule has 0 fully saturated rings. The Morgan fingerprint density at radius 1 is 1.03 bits per heavy atom. The van der Waals surface area contributed by atoms with Gasteiger partial charge < -0.3 is 10.2 Å². The first kappa shape index (κ1) is 24.5. The highest BCUT2D eigenvalue weighted by Crippen LogP contribution is 2.19. The average molecular weight is 491 g/mol. The zero-order valence-corrected chi connectivity index (χ0v) is 20.6. The Bertz CT molecular complexity index is 822. The highest BCUT2D eigenvalue weighted by atomic mass is 79.9. The molecule has 2 rings (SSSR count). The molecule has 4 nitrogen and oxygen atoms in total. The SMILES string of the molecule is CCC(C(=O)NC(C)C)N(Cc1ccc(C)cc1)C(=O)CSCc1ccc(Br)cc1. The van der Waals surface area contributed by atoms with Crippen molar-refractivity contribution in [2.24, 2.45) is 0 Å². The summed E-state index contributed by atoms with van der Waals surface area (Å²) in [5, 5.41) is 2.97. The average Bonchev–Trinajstić information content (AvgIpc) is 2.70. The van der Waals surface area contributed by atoms with Crippen molar-refractivity contribution in [2.75, 3.05) is 5.75 Å². The highest BCUT2D eigenvalue weighted by molar-refractivity contribution is 9.10. The molecule has 6 heteroatoms. The third-order valence-corrected chi connectivity index (χ3v) is 6.22. The van der Waals surface area contributed by atoms with Crippen molar-refractivity contribution in [1.29, 1.82) is 0 Å². The van der Waals surface area contributed by atoms with Crippen molar-refractivity contribution in [3.05, 3.63) is 69.7 Å². The number of hydrogen-bond acceptors (Lipinski definition) is 3. The van der Waals surface area contributed by atoms with E-state index in [1.165, 1.54) is 11.1 Å². The number of hydrogen-bond donors (Lipinski definition) is 1. The summed E-state index contributed by atoms with van der Waals surface area (Å²) in [4.78, 5) is 27.7. The molecule has 0 aliphatic rings. The lowest BCUT2D eigenvalue weighted by molar-refractivity contribution is -0.139. The van der Waals surface area contributed by atoms with Crippen molar-refractivity contribution in [3.63, 3.8) is 0 Å². The zero-order chi connectivity index (χ0) is 22.1. The first-order valence-corrected chi connectivity index (χ1v) is 12.2. The van der Waals surface area contributed by atoms with Crippen molar-refractivity contribution in [2.45, 2.75) is 58.5 Å². The number of amides is 2. The number of carbonyl (C=O) groups is 2. The molecule has 1 atom stereocenters. The van der Waals surface area contributed by atoms with Crippen LogP contribution in [0.4, 0.5) is 0 Å². The Labute approximate surface area is 192 Å². The van der Waals surface area contributed by atoms with Gasteiger partial charge in [-0.15, -0.1) is 11.8 Å². The van der Waals surface area contributed by atoms with E-state index in [0.29, 0.717) is 18.7 Å². The molecule has 30 heavy (non-hydrogen) atoms. The van der Waals surface area contributed by atoms with Crippen molar-refractivity contribution < 1.29 is 9.59 Å². The van der Waals surface area contributed by atoms with Crippen molar-refractivity contribution in [1.82, 2.24) is 10.2 Å². The molecule has 0 aliphatic heterocycles. The number of aryl methyl sites for hydroxylation is 1. The highest BCUT2D eigenvalue weighted by Gasteiger charge is 2.28. The molecule has 0 heterocycles. The third kappa shape index (κ3) is 7.80. The van der Waals surface area contributed by atoms with Crippen LogP contribution in [0.3, 0.4) is 0 Å². The predicted molar refractivity (Wildman–Crippen MR) is 129 cm³/mol. The number of nitrogens with zero attached hydrogens (tertiary/aromatic N) is 1. The fourth-order valence-electron chi connectivity index (χ4n) is 3.11. The summed E-state index contributed by atoms with van der Waals surface area (Å²) < 4.78 is 1.04. The van der Waals surface area contributed by atoms with Crippen LogP contribution in [-0.2, 0) is 21.9 Å². The van der Waals surface area contributed by atoms with E-state index < -0.39 is 6.04 Å². The largest absolute Gasteiger partial charge is 0.352 e. The minimum Gasteiger partial charge on any atom is -0.352 e. The first-order valence-electron chi connectivity index (χ1n) is 10.3. The summed E-state index contributed by atoms with van der Waals surface area (Å²) in [6, 6.07) is 15.8. The van der Waals surface area contributed by atoms with Crippen LogP contribution in [0, 0.1) is 6.92 Å². The lowest BCUT2D eigenvalue weighted by Gasteiger charge is -2.31. The van der Waals surface area contributed by atoms with Gasteiger partial charge in [-0.1, -0.05) is 64.8 Å². The van der Waals surface area contributed by atoms with E-state index in [1.54, 1.807) is 16.7 Å². The Morgan fingerprint density at radius 3 is 2.20 bits per heavy atom. The van der Waals surface area contributed by atoms with Crippen LogP contribution in [-0.4, -0.2) is 34.6 Å². The first-order chi connectivity index (χ1) is 14.3. The van der Waals surface area contributed by atoms with Crippen molar-refractivity contribution >= 4 is 39.5 Å². The summed E-state index contributed by atoms with van der Waals surface area (Å²) in [6.45, 7) is 8.29. The van der Waals surface area contributed by atoms with Crippen LogP contribution in [0.15, 0.2) is 53.0 Å². The van der Waals surface area contributed by atoms with Crippen LogP contribution in [0.25, 0.3) is 0 Å². The van der Waals surface area contributed by atoms with E-state index in [2.05, 4.69) is 33.4 Å². The molecule has 2 aromatic rings. The quantitative estimate of drug-likeness (QED) is 0.489. The molecule has 2 amide bonds. The molecule has 2 aromatic carbocycles. The lowest BCUT2D eigenvalue weighted by Crippen LogP contribution is -2.50. The topological polar surface area (TPSA) is 49.4 Å². The second-order valence-corrected chi connectivity index (χ2v) is 9.62. The van der Waals surface area contributed by atoms with E-state index in [1.807, 2.05) is 64.1 Å². The summed E-state index contributed by atoms with van der Waals surface area (Å²) in [6.07, 6.45) is 0.577. The van der Waals surface area contributed by atoms with Gasteiger partial charge >= 0.3 is 0 Å². The van der Waals surface area contributed by atoms with E-state index in [9.17, 15) is 9.59 Å². The fraction of sp³-hybridized carbons (Fsp3) is 0.417. The minimum atomic E-state index is -0.477. The normalized spacial score (nSPS) is 11.9. The Morgan fingerprint density at radius 2 is 1.63 bits per heavy atom. The number of benzene rings is 2. The van der Waals surface area contributed by atoms with E-state index in [-0.39, 0.29) is 17.9 Å². The Balaban J connectivity index is 2.11. The third-order valence-electron chi connectivity index (χ3n) is 4.70. The molecule has 0 bridgehead atoms. The molecule has 1 unspecified atom stereocenters. The van der Waals surface area contributed by atoms with Gasteiger partial charge in [0.1, 0.15) is 6.04 Å². The van der Waals surface area contributed by atoms with Gasteiger partial charge in [0, 0.05) is 22.8 Å². The molecule has 1 N–H and O–H groups in total. The standard InChI is InChI=1S/C24H31BrN2O2S/c1-5-22(24(29)26-17(2)3)27(14-19-8-6-18(4)7-9-19)23(28)16-30-15-20-10-12-21(25)13-11-20/h6-13,17,22H,5,14-16H2,1-4H3,(H,26,29). The smallest absolute Gasteiger partial charge is 0.243 e. The molecular formula is C24H31BrN2O2S.